The molecule has 1 amide bonds. The van der Waals surface area contributed by atoms with E-state index in [1.165, 1.54) is 0 Å². The molecule has 0 saturated heterocycles. The predicted molar refractivity (Wildman–Crippen MR) is 136 cm³/mol. The number of benzene rings is 1. The summed E-state index contributed by atoms with van der Waals surface area (Å²) in [7, 11) is 0. The van der Waals surface area contributed by atoms with E-state index in [1.54, 1.807) is 4.57 Å². The van der Waals surface area contributed by atoms with Crippen LogP contribution in [0.5, 0.6) is 5.75 Å². The molecular formula is C27H37N3O4. The van der Waals surface area contributed by atoms with Crippen LogP contribution in [0.1, 0.15) is 66.1 Å². The number of nitrogens with zero attached hydrogens (tertiary/aromatic N) is 2. The lowest BCUT2D eigenvalue weighted by Gasteiger charge is -2.34. The van der Waals surface area contributed by atoms with Gasteiger partial charge in [-0.3, -0.25) is 4.79 Å². The van der Waals surface area contributed by atoms with Crippen molar-refractivity contribution in [3.05, 3.63) is 58.8 Å². The van der Waals surface area contributed by atoms with E-state index >= 15 is 0 Å². The first-order valence-electron chi connectivity index (χ1n) is 12.0. The van der Waals surface area contributed by atoms with Crippen molar-refractivity contribution >= 4 is 16.9 Å². The first-order valence-corrected chi connectivity index (χ1v) is 12.0. The summed E-state index contributed by atoms with van der Waals surface area (Å²) in [5.41, 5.74) is 0.852. The van der Waals surface area contributed by atoms with Gasteiger partial charge < -0.3 is 24.3 Å². The minimum atomic E-state index is -1.14. The van der Waals surface area contributed by atoms with Crippen LogP contribution < -0.4 is 15.6 Å². The minimum Gasteiger partial charge on any atom is -0.491 e. The smallest absolute Gasteiger partial charge is 0.405 e. The van der Waals surface area contributed by atoms with Gasteiger partial charge >= 0.3 is 6.09 Å². The molecule has 184 valence electrons. The van der Waals surface area contributed by atoms with Crippen molar-refractivity contribution in [2.45, 2.75) is 67.0 Å². The van der Waals surface area contributed by atoms with E-state index in [2.05, 4.69) is 12.2 Å². The summed E-state index contributed by atoms with van der Waals surface area (Å²) in [6, 6.07) is 8.98. The van der Waals surface area contributed by atoms with Crippen molar-refractivity contribution in [1.29, 1.82) is 0 Å². The summed E-state index contributed by atoms with van der Waals surface area (Å²) < 4.78 is 10.1. The van der Waals surface area contributed by atoms with Crippen LogP contribution in [0.3, 0.4) is 0 Å². The number of carboxylic acid groups (broad SMARTS) is 1. The highest BCUT2D eigenvalue weighted by Crippen LogP contribution is 2.41. The van der Waals surface area contributed by atoms with Gasteiger partial charge in [0.05, 0.1) is 23.7 Å². The standard InChI is InChI=1S/C27H37N3O4/c1-7-8-15-34-23-21-16-19(29-13-9-10-14-29)11-12-20(21)25(31)30(17-18(2)3)22(23)24(27(4,5)6)28-26(32)33/h9-14,16,18,24,28H,7-8,15,17H2,1-6H3,(H,32,33). The summed E-state index contributed by atoms with van der Waals surface area (Å²) in [5.74, 6) is 0.758. The van der Waals surface area contributed by atoms with Crippen LogP contribution in [0.2, 0.25) is 0 Å². The number of rotatable bonds is 9. The molecule has 3 rings (SSSR count). The maximum atomic E-state index is 13.8. The Hall–Kier alpha value is -3.22. The molecule has 0 aliphatic rings. The van der Waals surface area contributed by atoms with E-state index in [4.69, 9.17) is 4.74 Å². The summed E-state index contributed by atoms with van der Waals surface area (Å²) in [4.78, 5) is 25.7. The molecule has 0 aliphatic heterocycles. The number of aromatic nitrogens is 2. The largest absolute Gasteiger partial charge is 0.491 e. The maximum Gasteiger partial charge on any atom is 0.405 e. The van der Waals surface area contributed by atoms with E-state index in [0.29, 0.717) is 35.4 Å². The molecule has 2 N–H and O–H groups in total. The molecule has 34 heavy (non-hydrogen) atoms. The Morgan fingerprint density at radius 2 is 1.82 bits per heavy atom. The van der Waals surface area contributed by atoms with Gasteiger partial charge in [0.1, 0.15) is 5.75 Å². The van der Waals surface area contributed by atoms with Crippen LogP contribution in [0.15, 0.2) is 47.5 Å². The average Bonchev–Trinajstić information content (AvgIpc) is 3.29. The van der Waals surface area contributed by atoms with Crippen molar-refractivity contribution < 1.29 is 14.6 Å². The van der Waals surface area contributed by atoms with Crippen LogP contribution in [0.25, 0.3) is 16.5 Å². The van der Waals surface area contributed by atoms with Gasteiger partial charge in [-0.25, -0.2) is 4.79 Å². The van der Waals surface area contributed by atoms with Crippen molar-refractivity contribution in [1.82, 2.24) is 14.5 Å². The summed E-state index contributed by atoms with van der Waals surface area (Å²) in [6.07, 6.45) is 4.58. The zero-order chi connectivity index (χ0) is 25.0. The van der Waals surface area contributed by atoms with Gasteiger partial charge in [0.25, 0.3) is 5.56 Å². The summed E-state index contributed by atoms with van der Waals surface area (Å²) >= 11 is 0. The minimum absolute atomic E-state index is 0.137. The normalized spacial score (nSPS) is 12.8. The van der Waals surface area contributed by atoms with E-state index in [1.807, 2.05) is 81.9 Å². The topological polar surface area (TPSA) is 85.5 Å². The first-order chi connectivity index (χ1) is 16.0. The number of pyridine rings is 1. The second-order valence-corrected chi connectivity index (χ2v) is 10.3. The fourth-order valence-electron chi connectivity index (χ4n) is 4.21. The molecule has 2 heterocycles. The Kier molecular flexibility index (Phi) is 7.75. The number of amides is 1. The van der Waals surface area contributed by atoms with E-state index in [9.17, 15) is 14.7 Å². The molecule has 0 spiro atoms. The fraction of sp³-hybridized carbons (Fsp3) is 0.481. The van der Waals surface area contributed by atoms with Crippen molar-refractivity contribution in [2.24, 2.45) is 11.3 Å². The first kappa shape index (κ1) is 25.4. The molecule has 0 radical (unpaired) electrons. The zero-order valence-corrected chi connectivity index (χ0v) is 21.1. The Labute approximate surface area is 201 Å². The van der Waals surface area contributed by atoms with Gasteiger partial charge in [0.15, 0.2) is 0 Å². The molecule has 0 aliphatic carbocycles. The van der Waals surface area contributed by atoms with Crippen LogP contribution >= 0.6 is 0 Å². The van der Waals surface area contributed by atoms with Crippen molar-refractivity contribution in [2.75, 3.05) is 6.61 Å². The third-order valence-corrected chi connectivity index (χ3v) is 5.85. The van der Waals surface area contributed by atoms with Gasteiger partial charge in [-0.2, -0.15) is 0 Å². The third-order valence-electron chi connectivity index (χ3n) is 5.85. The second-order valence-electron chi connectivity index (χ2n) is 10.3. The molecule has 7 heteroatoms. The molecule has 0 saturated carbocycles. The summed E-state index contributed by atoms with van der Waals surface area (Å²) in [6.45, 7) is 13.0. The summed E-state index contributed by atoms with van der Waals surface area (Å²) in [5, 5.41) is 13.6. The third kappa shape index (κ3) is 5.46. The predicted octanol–water partition coefficient (Wildman–Crippen LogP) is 5.98. The number of ether oxygens (including phenoxy) is 1. The molecular weight excluding hydrogens is 430 g/mol. The van der Waals surface area contributed by atoms with Crippen LogP contribution in [0.4, 0.5) is 4.79 Å². The Morgan fingerprint density at radius 3 is 2.38 bits per heavy atom. The lowest BCUT2D eigenvalue weighted by molar-refractivity contribution is 0.170. The number of fused-ring (bicyclic) bond motifs is 1. The number of hydrogen-bond acceptors (Lipinski definition) is 3. The van der Waals surface area contributed by atoms with Gasteiger partial charge in [0, 0.05) is 30.0 Å². The number of nitrogens with one attached hydrogen (secondary N) is 1. The van der Waals surface area contributed by atoms with Gasteiger partial charge in [-0.1, -0.05) is 48.0 Å². The zero-order valence-electron chi connectivity index (χ0n) is 21.1. The molecule has 1 unspecified atom stereocenters. The van der Waals surface area contributed by atoms with Gasteiger partial charge in [0.2, 0.25) is 0 Å². The van der Waals surface area contributed by atoms with Crippen molar-refractivity contribution in [3.8, 4) is 11.4 Å². The Balaban J connectivity index is 2.42. The maximum absolute atomic E-state index is 13.8. The van der Waals surface area contributed by atoms with E-state index in [-0.39, 0.29) is 11.5 Å². The Morgan fingerprint density at radius 1 is 1.15 bits per heavy atom. The van der Waals surface area contributed by atoms with Crippen LogP contribution in [0, 0.1) is 11.3 Å². The molecule has 2 aromatic heterocycles. The average molecular weight is 468 g/mol. The fourth-order valence-corrected chi connectivity index (χ4v) is 4.21. The van der Waals surface area contributed by atoms with Crippen LogP contribution in [-0.2, 0) is 6.54 Å². The second kappa shape index (κ2) is 10.4. The number of hydrogen-bond donors (Lipinski definition) is 2. The van der Waals surface area contributed by atoms with Gasteiger partial charge in [-0.05, 0) is 48.1 Å². The number of unbranched alkanes of at least 4 members (excludes halogenated alkanes) is 1. The van der Waals surface area contributed by atoms with Crippen LogP contribution in [-0.4, -0.2) is 26.9 Å². The lowest BCUT2D eigenvalue weighted by atomic mass is 9.83. The highest BCUT2D eigenvalue weighted by molar-refractivity contribution is 5.90. The van der Waals surface area contributed by atoms with E-state index in [0.717, 1.165) is 18.5 Å². The SMILES string of the molecule is CCCCOc1c(C(NC(=O)O)C(C)(C)C)n(CC(C)C)c(=O)c2ccc(-n3cccc3)cc12. The molecule has 0 bridgehead atoms. The van der Waals surface area contributed by atoms with Crippen molar-refractivity contribution in [3.63, 3.8) is 0 Å². The Bertz CT molecular complexity index is 1190. The molecule has 1 atom stereocenters. The lowest BCUT2D eigenvalue weighted by Crippen LogP contribution is -2.40. The monoisotopic (exact) mass is 467 g/mol. The number of carbonyl (C=O) groups is 1. The molecule has 7 nitrogen and oxygen atoms in total. The highest BCUT2D eigenvalue weighted by atomic mass is 16.5. The van der Waals surface area contributed by atoms with Gasteiger partial charge in [-0.15, -0.1) is 0 Å². The molecule has 1 aromatic carbocycles. The molecule has 3 aromatic rings. The molecule has 0 fully saturated rings. The quantitative estimate of drug-likeness (QED) is 0.379. The van der Waals surface area contributed by atoms with E-state index < -0.39 is 17.6 Å². The highest BCUT2D eigenvalue weighted by Gasteiger charge is 2.35.